The monoisotopic (exact) mass is 450 g/mol. The summed E-state index contributed by atoms with van der Waals surface area (Å²) in [5.74, 6) is 0.870. The smallest absolute Gasteiger partial charge is 0.276 e. The van der Waals surface area contributed by atoms with Crippen LogP contribution in [0.25, 0.3) is 11.5 Å². The Morgan fingerprint density at radius 2 is 1.56 bits per heavy atom. The summed E-state index contributed by atoms with van der Waals surface area (Å²) in [5.41, 5.74) is 3.06. The molecular formula is C24H26N4O3S. The maximum atomic E-state index is 12.4. The summed E-state index contributed by atoms with van der Waals surface area (Å²) in [7, 11) is 0. The van der Waals surface area contributed by atoms with Crippen molar-refractivity contribution in [2.75, 3.05) is 30.3 Å². The van der Waals surface area contributed by atoms with Gasteiger partial charge in [0.2, 0.25) is 5.89 Å². The average molecular weight is 451 g/mol. The topological polar surface area (TPSA) is 79.5 Å². The van der Waals surface area contributed by atoms with E-state index in [4.69, 9.17) is 4.42 Å². The number of amides is 2. The molecule has 1 aliphatic heterocycles. The minimum Gasteiger partial charge on any atom is -0.411 e. The Bertz CT molecular complexity index is 1060. The van der Waals surface area contributed by atoms with E-state index in [9.17, 15) is 9.59 Å². The second kappa shape index (κ2) is 9.99. The molecule has 0 atom stereocenters. The van der Waals surface area contributed by atoms with Gasteiger partial charge in [0.1, 0.15) is 0 Å². The standard InChI is InChI=1S/C24H26N4O3S/c1-3-27(4-2)18-13-11-17(12-14-18)21-25-26-24(31-21)32-16-8-7-15-28-22(29)19-9-5-6-10-20(19)23(28)30/h5-6,9-14H,3-4,7-8,15-16H2,1-2H3. The summed E-state index contributed by atoms with van der Waals surface area (Å²) >= 11 is 1.49. The molecule has 0 aliphatic carbocycles. The van der Waals surface area contributed by atoms with Gasteiger partial charge in [-0.1, -0.05) is 23.9 Å². The van der Waals surface area contributed by atoms with Crippen LogP contribution in [0.5, 0.6) is 0 Å². The van der Waals surface area contributed by atoms with Crippen LogP contribution < -0.4 is 4.90 Å². The summed E-state index contributed by atoms with van der Waals surface area (Å²) in [5, 5.41) is 8.81. The molecule has 0 fully saturated rings. The summed E-state index contributed by atoms with van der Waals surface area (Å²) < 4.78 is 5.79. The van der Waals surface area contributed by atoms with Crippen molar-refractivity contribution >= 4 is 29.3 Å². The molecule has 1 aromatic heterocycles. The lowest BCUT2D eigenvalue weighted by molar-refractivity contribution is 0.0652. The Balaban J connectivity index is 1.24. The number of carbonyl (C=O) groups excluding carboxylic acids is 2. The van der Waals surface area contributed by atoms with Crippen molar-refractivity contribution in [3.63, 3.8) is 0 Å². The van der Waals surface area contributed by atoms with Crippen LogP contribution in [0.4, 0.5) is 5.69 Å². The lowest BCUT2D eigenvalue weighted by Crippen LogP contribution is -2.30. The van der Waals surface area contributed by atoms with Gasteiger partial charge in [0.25, 0.3) is 17.0 Å². The van der Waals surface area contributed by atoms with Crippen molar-refractivity contribution in [3.8, 4) is 11.5 Å². The van der Waals surface area contributed by atoms with E-state index in [-0.39, 0.29) is 11.8 Å². The molecule has 0 saturated heterocycles. The molecule has 8 heteroatoms. The Kier molecular flexibility index (Phi) is 6.90. The summed E-state index contributed by atoms with van der Waals surface area (Å²) in [6.07, 6.45) is 1.56. The molecule has 2 heterocycles. The number of thioether (sulfide) groups is 1. The van der Waals surface area contributed by atoms with Crippen LogP contribution in [-0.4, -0.2) is 52.3 Å². The van der Waals surface area contributed by atoms with Crippen LogP contribution in [0, 0.1) is 0 Å². The van der Waals surface area contributed by atoms with Crippen LogP contribution in [0.2, 0.25) is 0 Å². The lowest BCUT2D eigenvalue weighted by Gasteiger charge is -2.20. The Labute approximate surface area is 191 Å². The van der Waals surface area contributed by atoms with Gasteiger partial charge >= 0.3 is 0 Å². The summed E-state index contributed by atoms with van der Waals surface area (Å²) in [6, 6.07) is 15.1. The molecule has 0 N–H and O–H groups in total. The SMILES string of the molecule is CCN(CC)c1ccc(-c2nnc(SCCCCN3C(=O)c4ccccc4C3=O)o2)cc1. The first kappa shape index (κ1) is 22.1. The number of imide groups is 1. The van der Waals surface area contributed by atoms with E-state index in [1.165, 1.54) is 22.3 Å². The zero-order chi connectivity index (χ0) is 22.5. The number of nitrogens with zero attached hydrogens (tertiary/aromatic N) is 4. The van der Waals surface area contributed by atoms with E-state index in [2.05, 4.69) is 41.1 Å². The first-order valence-electron chi connectivity index (χ1n) is 10.9. The van der Waals surface area contributed by atoms with Gasteiger partial charge in [0, 0.05) is 36.6 Å². The van der Waals surface area contributed by atoms with Gasteiger partial charge in [-0.3, -0.25) is 14.5 Å². The maximum absolute atomic E-state index is 12.4. The Hall–Kier alpha value is -3.13. The molecular weight excluding hydrogens is 424 g/mol. The predicted octanol–water partition coefficient (Wildman–Crippen LogP) is 4.75. The van der Waals surface area contributed by atoms with Crippen molar-refractivity contribution < 1.29 is 14.0 Å². The fraction of sp³-hybridized carbons (Fsp3) is 0.333. The van der Waals surface area contributed by atoms with E-state index in [0.29, 0.717) is 28.8 Å². The molecule has 7 nitrogen and oxygen atoms in total. The number of fused-ring (bicyclic) bond motifs is 1. The van der Waals surface area contributed by atoms with Crippen LogP contribution in [0.3, 0.4) is 0 Å². The minimum absolute atomic E-state index is 0.202. The number of aromatic nitrogens is 2. The molecule has 0 radical (unpaired) electrons. The van der Waals surface area contributed by atoms with Gasteiger partial charge in [-0.25, -0.2) is 0 Å². The van der Waals surface area contributed by atoms with Crippen LogP contribution in [-0.2, 0) is 0 Å². The van der Waals surface area contributed by atoms with Crippen molar-refractivity contribution in [2.45, 2.75) is 31.9 Å². The number of unbranched alkanes of at least 4 members (excludes halogenated alkanes) is 1. The lowest BCUT2D eigenvalue weighted by atomic mass is 10.1. The third-order valence-corrected chi connectivity index (χ3v) is 6.43. The molecule has 2 amide bonds. The van der Waals surface area contributed by atoms with E-state index in [1.54, 1.807) is 24.3 Å². The molecule has 166 valence electrons. The van der Waals surface area contributed by atoms with Gasteiger partial charge in [-0.05, 0) is 63.1 Å². The van der Waals surface area contributed by atoms with Crippen molar-refractivity contribution in [1.82, 2.24) is 15.1 Å². The predicted molar refractivity (Wildman–Crippen MR) is 125 cm³/mol. The molecule has 0 spiro atoms. The van der Waals surface area contributed by atoms with E-state index < -0.39 is 0 Å². The van der Waals surface area contributed by atoms with E-state index in [1.807, 2.05) is 12.1 Å². The number of hydrogen-bond donors (Lipinski definition) is 0. The van der Waals surface area contributed by atoms with Gasteiger partial charge in [-0.2, -0.15) is 0 Å². The van der Waals surface area contributed by atoms with Crippen LogP contribution in [0.15, 0.2) is 58.2 Å². The summed E-state index contributed by atoms with van der Waals surface area (Å²) in [6.45, 7) is 6.62. The Morgan fingerprint density at radius 3 is 2.19 bits per heavy atom. The van der Waals surface area contributed by atoms with Crippen LogP contribution in [0.1, 0.15) is 47.4 Å². The molecule has 0 saturated carbocycles. The third kappa shape index (κ3) is 4.55. The van der Waals surface area contributed by atoms with Crippen LogP contribution >= 0.6 is 11.8 Å². The second-order valence-corrected chi connectivity index (χ2v) is 8.50. The van der Waals surface area contributed by atoms with Gasteiger partial charge in [0.05, 0.1) is 11.1 Å². The highest BCUT2D eigenvalue weighted by atomic mass is 32.2. The first-order chi connectivity index (χ1) is 15.6. The van der Waals surface area contributed by atoms with E-state index in [0.717, 1.165) is 37.2 Å². The molecule has 0 unspecified atom stereocenters. The molecule has 4 rings (SSSR count). The zero-order valence-electron chi connectivity index (χ0n) is 18.3. The normalized spacial score (nSPS) is 13.0. The number of carbonyl (C=O) groups is 2. The van der Waals surface area contributed by atoms with Crippen molar-refractivity contribution in [1.29, 1.82) is 0 Å². The number of anilines is 1. The average Bonchev–Trinajstić information content (AvgIpc) is 3.39. The minimum atomic E-state index is -0.202. The molecule has 3 aromatic rings. The molecule has 2 aromatic carbocycles. The highest BCUT2D eigenvalue weighted by Gasteiger charge is 2.34. The maximum Gasteiger partial charge on any atom is 0.276 e. The number of rotatable bonds is 10. The van der Waals surface area contributed by atoms with E-state index >= 15 is 0 Å². The van der Waals surface area contributed by atoms with Crippen molar-refractivity contribution in [2.24, 2.45) is 0 Å². The fourth-order valence-corrected chi connectivity index (χ4v) is 4.52. The highest BCUT2D eigenvalue weighted by Crippen LogP contribution is 2.26. The largest absolute Gasteiger partial charge is 0.411 e. The van der Waals surface area contributed by atoms with Gasteiger partial charge in [0.15, 0.2) is 0 Å². The third-order valence-electron chi connectivity index (χ3n) is 5.53. The highest BCUT2D eigenvalue weighted by molar-refractivity contribution is 7.99. The van der Waals surface area contributed by atoms with Gasteiger partial charge in [-0.15, -0.1) is 10.2 Å². The fourth-order valence-electron chi connectivity index (χ4n) is 3.76. The quantitative estimate of drug-likeness (QED) is 0.250. The van der Waals surface area contributed by atoms with Gasteiger partial charge < -0.3 is 9.32 Å². The number of hydrogen-bond acceptors (Lipinski definition) is 7. The molecule has 1 aliphatic rings. The zero-order valence-corrected chi connectivity index (χ0v) is 19.1. The Morgan fingerprint density at radius 1 is 0.906 bits per heavy atom. The van der Waals surface area contributed by atoms with Crippen molar-refractivity contribution in [3.05, 3.63) is 59.7 Å². The molecule has 0 bridgehead atoms. The second-order valence-electron chi connectivity index (χ2n) is 7.46. The first-order valence-corrected chi connectivity index (χ1v) is 11.9. The summed E-state index contributed by atoms with van der Waals surface area (Å²) in [4.78, 5) is 28.4. The molecule has 32 heavy (non-hydrogen) atoms. The number of benzene rings is 2.